The van der Waals surface area contributed by atoms with Gasteiger partial charge < -0.3 is 5.73 Å². The molecule has 0 atom stereocenters. The Labute approximate surface area is 152 Å². The zero-order valence-corrected chi connectivity index (χ0v) is 15.8. The van der Waals surface area contributed by atoms with Crippen LogP contribution < -0.4 is 17.0 Å². The number of rotatable bonds is 7. The van der Waals surface area contributed by atoms with Crippen molar-refractivity contribution in [3.63, 3.8) is 0 Å². The Morgan fingerprint density at radius 2 is 1.81 bits per heavy atom. The molecule has 0 spiro atoms. The number of nitrogens with zero attached hydrogens (tertiary/aromatic N) is 3. The molecule has 0 aliphatic rings. The molecule has 1 aromatic heterocycles. The van der Waals surface area contributed by atoms with Crippen molar-refractivity contribution in [1.29, 1.82) is 0 Å². The first-order valence-electron chi connectivity index (χ1n) is 8.62. The molecule has 1 aromatic carbocycles. The summed E-state index contributed by atoms with van der Waals surface area (Å²) in [5, 5.41) is 0. The summed E-state index contributed by atoms with van der Waals surface area (Å²) >= 11 is 0. The summed E-state index contributed by atoms with van der Waals surface area (Å²) < 4.78 is 2.23. The minimum Gasteiger partial charge on any atom is -0.384 e. The Kier molecular flexibility index (Phi) is 6.15. The topological polar surface area (TPSA) is 90.3 Å². The Bertz CT molecular complexity index is 910. The largest absolute Gasteiger partial charge is 0.384 e. The molecular formula is C19H26N4O3. The van der Waals surface area contributed by atoms with Crippen LogP contribution in [0.1, 0.15) is 34.8 Å². The van der Waals surface area contributed by atoms with E-state index in [-0.39, 0.29) is 23.7 Å². The second-order valence-corrected chi connectivity index (χ2v) is 6.64. The van der Waals surface area contributed by atoms with Crippen LogP contribution in [-0.2, 0) is 20.1 Å². The predicted molar refractivity (Wildman–Crippen MR) is 102 cm³/mol. The molecule has 0 radical (unpaired) electrons. The van der Waals surface area contributed by atoms with Crippen molar-refractivity contribution in [1.82, 2.24) is 14.0 Å². The number of Topliss-reactive ketones (excluding diaryl/α,β-unsaturated/α-hetero) is 1. The Balaban J connectivity index is 2.27. The lowest BCUT2D eigenvalue weighted by Crippen LogP contribution is -2.43. The van der Waals surface area contributed by atoms with Crippen molar-refractivity contribution in [2.24, 2.45) is 7.05 Å². The van der Waals surface area contributed by atoms with Crippen molar-refractivity contribution >= 4 is 11.6 Å². The number of benzene rings is 1. The lowest BCUT2D eigenvalue weighted by atomic mass is 10.1. The average Bonchev–Trinajstić information content (AvgIpc) is 2.59. The first-order chi connectivity index (χ1) is 12.3. The lowest BCUT2D eigenvalue weighted by molar-refractivity contribution is 0.0941. The molecule has 140 valence electrons. The van der Waals surface area contributed by atoms with Gasteiger partial charge in [-0.25, -0.2) is 4.79 Å². The molecule has 0 saturated heterocycles. The smallest absolute Gasteiger partial charge is 0.332 e. The SMILES string of the molecule is CCCn1c(N)c(C(=O)CN(C)Cc2ccc(C)cc2)c(=O)n(C)c1=O. The first-order valence-corrected chi connectivity index (χ1v) is 8.62. The van der Waals surface area contributed by atoms with Crippen molar-refractivity contribution in [2.75, 3.05) is 19.3 Å². The Morgan fingerprint density at radius 3 is 2.38 bits per heavy atom. The van der Waals surface area contributed by atoms with Gasteiger partial charge in [-0.2, -0.15) is 0 Å². The van der Waals surface area contributed by atoms with Gasteiger partial charge in [-0.05, 0) is 26.0 Å². The molecule has 7 nitrogen and oxygen atoms in total. The maximum absolute atomic E-state index is 12.7. The number of anilines is 1. The summed E-state index contributed by atoms with van der Waals surface area (Å²) in [5.74, 6) is -0.434. The van der Waals surface area contributed by atoms with Gasteiger partial charge in [-0.15, -0.1) is 0 Å². The van der Waals surface area contributed by atoms with Gasteiger partial charge >= 0.3 is 5.69 Å². The van der Waals surface area contributed by atoms with Crippen molar-refractivity contribution in [2.45, 2.75) is 33.4 Å². The van der Waals surface area contributed by atoms with Gasteiger partial charge in [0, 0.05) is 20.1 Å². The third-order valence-corrected chi connectivity index (χ3v) is 4.30. The second-order valence-electron chi connectivity index (χ2n) is 6.64. The number of nitrogen functional groups attached to an aromatic ring is 1. The molecule has 1 heterocycles. The van der Waals surface area contributed by atoms with Crippen molar-refractivity contribution < 1.29 is 4.79 Å². The summed E-state index contributed by atoms with van der Waals surface area (Å²) in [6, 6.07) is 8.04. The maximum atomic E-state index is 12.7. The fourth-order valence-corrected chi connectivity index (χ4v) is 2.87. The number of nitrogens with two attached hydrogens (primary N) is 1. The van der Waals surface area contributed by atoms with Gasteiger partial charge in [0.15, 0.2) is 5.78 Å². The van der Waals surface area contributed by atoms with Crippen LogP contribution in [-0.4, -0.2) is 33.4 Å². The second kappa shape index (κ2) is 8.14. The van der Waals surface area contributed by atoms with Gasteiger partial charge in [0.2, 0.25) is 0 Å². The van der Waals surface area contributed by atoms with Crippen molar-refractivity contribution in [3.05, 3.63) is 61.8 Å². The van der Waals surface area contributed by atoms with Crippen LogP contribution in [0.15, 0.2) is 33.9 Å². The summed E-state index contributed by atoms with van der Waals surface area (Å²) in [4.78, 5) is 39.1. The van der Waals surface area contributed by atoms with Crippen LogP contribution in [0.2, 0.25) is 0 Å². The van der Waals surface area contributed by atoms with Gasteiger partial charge in [-0.3, -0.25) is 23.6 Å². The normalized spacial score (nSPS) is 11.1. The molecule has 0 saturated carbocycles. The minimum absolute atomic E-state index is 0.0393. The van der Waals surface area contributed by atoms with Gasteiger partial charge in [0.1, 0.15) is 11.4 Å². The number of carbonyl (C=O) groups excluding carboxylic acids is 1. The molecule has 0 unspecified atom stereocenters. The van der Waals surface area contributed by atoms with E-state index in [1.165, 1.54) is 17.2 Å². The van der Waals surface area contributed by atoms with Crippen LogP contribution in [0.25, 0.3) is 0 Å². The van der Waals surface area contributed by atoms with Crippen LogP contribution in [0, 0.1) is 6.92 Å². The molecule has 0 aliphatic heterocycles. The minimum atomic E-state index is -0.645. The van der Waals surface area contributed by atoms with Crippen molar-refractivity contribution in [3.8, 4) is 0 Å². The van der Waals surface area contributed by atoms with E-state index in [0.717, 1.165) is 10.1 Å². The van der Waals surface area contributed by atoms with E-state index in [1.54, 1.807) is 7.05 Å². The number of hydrogen-bond donors (Lipinski definition) is 1. The maximum Gasteiger partial charge on any atom is 0.332 e. The van der Waals surface area contributed by atoms with E-state index >= 15 is 0 Å². The fraction of sp³-hybridized carbons (Fsp3) is 0.421. The number of hydrogen-bond acceptors (Lipinski definition) is 5. The van der Waals surface area contributed by atoms with E-state index in [1.807, 2.05) is 43.0 Å². The Morgan fingerprint density at radius 1 is 1.19 bits per heavy atom. The van der Waals surface area contributed by atoms with E-state index < -0.39 is 11.2 Å². The number of carbonyl (C=O) groups is 1. The zero-order valence-electron chi connectivity index (χ0n) is 15.8. The quantitative estimate of drug-likeness (QED) is 0.750. The van der Waals surface area contributed by atoms with Crippen LogP contribution in [0.3, 0.4) is 0 Å². The van der Waals surface area contributed by atoms with E-state index in [2.05, 4.69) is 0 Å². The average molecular weight is 358 g/mol. The van der Waals surface area contributed by atoms with E-state index in [9.17, 15) is 14.4 Å². The summed E-state index contributed by atoms with van der Waals surface area (Å²) in [6.45, 7) is 4.88. The molecule has 26 heavy (non-hydrogen) atoms. The highest BCUT2D eigenvalue weighted by Gasteiger charge is 2.22. The number of likely N-dealkylation sites (N-methyl/N-ethyl adjacent to an activating group) is 1. The van der Waals surface area contributed by atoms with Crippen LogP contribution >= 0.6 is 0 Å². The Hall–Kier alpha value is -2.67. The molecule has 2 N–H and O–H groups in total. The molecule has 2 rings (SSSR count). The third-order valence-electron chi connectivity index (χ3n) is 4.30. The summed E-state index contributed by atoms with van der Waals surface area (Å²) in [5.41, 5.74) is 6.98. The summed E-state index contributed by atoms with van der Waals surface area (Å²) in [7, 11) is 3.17. The van der Waals surface area contributed by atoms with E-state index in [4.69, 9.17) is 5.73 Å². The molecule has 7 heteroatoms. The predicted octanol–water partition coefficient (Wildman–Crippen LogP) is 1.16. The lowest BCUT2D eigenvalue weighted by Gasteiger charge is -2.18. The highest BCUT2D eigenvalue weighted by molar-refractivity contribution is 6.01. The molecule has 0 fully saturated rings. The van der Waals surface area contributed by atoms with Crippen LogP contribution in [0.4, 0.5) is 5.82 Å². The summed E-state index contributed by atoms with van der Waals surface area (Å²) in [6.07, 6.45) is 0.670. The molecule has 0 aliphatic carbocycles. The van der Waals surface area contributed by atoms with Crippen LogP contribution in [0.5, 0.6) is 0 Å². The molecule has 0 bridgehead atoms. The highest BCUT2D eigenvalue weighted by atomic mass is 16.2. The molecule has 0 amide bonds. The third kappa shape index (κ3) is 4.11. The number of aryl methyl sites for hydroxylation is 1. The zero-order chi connectivity index (χ0) is 19.4. The van der Waals surface area contributed by atoms with Gasteiger partial charge in [0.05, 0.1) is 6.54 Å². The number of ketones is 1. The monoisotopic (exact) mass is 358 g/mol. The van der Waals surface area contributed by atoms with Gasteiger partial charge in [-0.1, -0.05) is 36.8 Å². The van der Waals surface area contributed by atoms with Gasteiger partial charge in [0.25, 0.3) is 5.56 Å². The molecular weight excluding hydrogens is 332 g/mol. The number of aromatic nitrogens is 2. The fourth-order valence-electron chi connectivity index (χ4n) is 2.87. The first kappa shape index (κ1) is 19.7. The van der Waals surface area contributed by atoms with E-state index in [0.29, 0.717) is 19.5 Å². The standard InChI is InChI=1S/C19H26N4O3/c1-5-10-23-17(20)16(18(25)22(4)19(23)26)15(24)12-21(3)11-14-8-6-13(2)7-9-14/h6-9H,5,10-12,20H2,1-4H3. The molecule has 2 aromatic rings. The highest BCUT2D eigenvalue weighted by Crippen LogP contribution is 2.10.